The fourth-order valence-corrected chi connectivity index (χ4v) is 4.34. The number of benzene rings is 2. The van der Waals surface area contributed by atoms with Crippen molar-refractivity contribution in [3.05, 3.63) is 72.5 Å². The summed E-state index contributed by atoms with van der Waals surface area (Å²) in [4.78, 5) is 11.7. The summed E-state index contributed by atoms with van der Waals surface area (Å²) in [6, 6.07) is 20.9. The minimum absolute atomic E-state index is 0.533. The number of para-hydroxylation sites is 2. The van der Waals surface area contributed by atoms with Crippen LogP contribution in [0.15, 0.2) is 77.5 Å². The predicted octanol–water partition coefficient (Wildman–Crippen LogP) is 3.44. The number of hydrogen-bond donors (Lipinski definition) is 0. The maximum absolute atomic E-state index is 6.67. The monoisotopic (exact) mass is 434 g/mol. The lowest BCUT2D eigenvalue weighted by Gasteiger charge is -2.40. The maximum atomic E-state index is 6.67. The molecule has 0 spiro atoms. The molecule has 0 amide bonds. The largest absolute Gasteiger partial charge is 0.498 e. The standard InChI is InChI=1S/C26H34N4O2/c1-28-15-17-29(18-16-28)19-20-32-26(21-27-14-13-25(26)31-2)22-30(23-9-5-3-6-10-23)24-11-7-4-8-12-24/h3-14H,15-22H2,1-2H3. The Morgan fingerprint density at radius 2 is 1.56 bits per heavy atom. The number of likely N-dealkylation sites (N-methyl/N-ethyl adjacent to an activating group) is 1. The number of dihydropyridines is 1. The first-order valence-electron chi connectivity index (χ1n) is 11.4. The van der Waals surface area contributed by atoms with Gasteiger partial charge in [-0.15, -0.1) is 0 Å². The lowest BCUT2D eigenvalue weighted by atomic mass is 9.97. The van der Waals surface area contributed by atoms with E-state index in [1.807, 2.05) is 24.4 Å². The first-order chi connectivity index (χ1) is 15.7. The third kappa shape index (κ3) is 5.38. The highest BCUT2D eigenvalue weighted by atomic mass is 16.5. The Hall–Kier alpha value is -2.67. The van der Waals surface area contributed by atoms with Gasteiger partial charge in [-0.2, -0.15) is 0 Å². The van der Waals surface area contributed by atoms with E-state index in [-0.39, 0.29) is 0 Å². The molecule has 2 aromatic carbocycles. The Kier molecular flexibility index (Phi) is 7.58. The summed E-state index contributed by atoms with van der Waals surface area (Å²) < 4.78 is 12.5. The van der Waals surface area contributed by atoms with E-state index in [4.69, 9.17) is 9.47 Å². The summed E-state index contributed by atoms with van der Waals surface area (Å²) in [7, 11) is 3.90. The molecule has 1 saturated heterocycles. The van der Waals surface area contributed by atoms with Gasteiger partial charge in [-0.05, 0) is 37.4 Å². The molecular formula is C26H34N4O2. The molecular weight excluding hydrogens is 400 g/mol. The molecule has 6 nitrogen and oxygen atoms in total. The van der Waals surface area contributed by atoms with E-state index >= 15 is 0 Å². The van der Waals surface area contributed by atoms with Crippen LogP contribution in [0.25, 0.3) is 0 Å². The van der Waals surface area contributed by atoms with Gasteiger partial charge in [-0.1, -0.05) is 36.4 Å². The first-order valence-corrected chi connectivity index (χ1v) is 11.4. The molecule has 2 heterocycles. The van der Waals surface area contributed by atoms with Crippen LogP contribution in [0.2, 0.25) is 0 Å². The second-order valence-electron chi connectivity index (χ2n) is 8.47. The third-order valence-electron chi connectivity index (χ3n) is 6.28. The Morgan fingerprint density at radius 1 is 0.938 bits per heavy atom. The molecule has 2 aliphatic rings. The van der Waals surface area contributed by atoms with Crippen LogP contribution >= 0.6 is 0 Å². The molecule has 4 rings (SSSR count). The lowest BCUT2D eigenvalue weighted by Crippen LogP contribution is -2.51. The highest BCUT2D eigenvalue weighted by Crippen LogP contribution is 2.33. The molecule has 0 radical (unpaired) electrons. The predicted molar refractivity (Wildman–Crippen MR) is 131 cm³/mol. The summed E-state index contributed by atoms with van der Waals surface area (Å²) in [5.74, 6) is 0.822. The molecule has 0 aliphatic carbocycles. The topological polar surface area (TPSA) is 40.5 Å². The van der Waals surface area contributed by atoms with Crippen molar-refractivity contribution in [3.63, 3.8) is 0 Å². The zero-order valence-electron chi connectivity index (χ0n) is 19.2. The summed E-state index contributed by atoms with van der Waals surface area (Å²) in [5, 5.41) is 0. The van der Waals surface area contributed by atoms with E-state index < -0.39 is 5.60 Å². The van der Waals surface area contributed by atoms with E-state index in [9.17, 15) is 0 Å². The Balaban J connectivity index is 1.56. The number of anilines is 2. The lowest BCUT2D eigenvalue weighted by molar-refractivity contribution is -0.0470. The average molecular weight is 435 g/mol. The zero-order chi connectivity index (χ0) is 22.2. The Bertz CT molecular complexity index is 855. The van der Waals surface area contributed by atoms with Gasteiger partial charge in [0.05, 0.1) is 26.8 Å². The minimum Gasteiger partial charge on any atom is -0.498 e. The molecule has 2 aromatic rings. The van der Waals surface area contributed by atoms with E-state index in [0.717, 1.165) is 49.9 Å². The molecule has 0 N–H and O–H groups in total. The number of rotatable bonds is 9. The molecule has 6 heteroatoms. The van der Waals surface area contributed by atoms with Crippen LogP contribution in [-0.2, 0) is 9.47 Å². The van der Waals surface area contributed by atoms with E-state index in [2.05, 4.69) is 75.3 Å². The van der Waals surface area contributed by atoms with Crippen molar-refractivity contribution in [1.29, 1.82) is 0 Å². The fourth-order valence-electron chi connectivity index (χ4n) is 4.34. The van der Waals surface area contributed by atoms with Crippen molar-refractivity contribution in [2.24, 2.45) is 4.99 Å². The third-order valence-corrected chi connectivity index (χ3v) is 6.28. The van der Waals surface area contributed by atoms with Gasteiger partial charge < -0.3 is 19.3 Å². The van der Waals surface area contributed by atoms with Gasteiger partial charge in [-0.25, -0.2) is 0 Å². The summed E-state index contributed by atoms with van der Waals surface area (Å²) in [6.07, 6.45) is 3.75. The smallest absolute Gasteiger partial charge is 0.162 e. The van der Waals surface area contributed by atoms with Crippen LogP contribution in [0.4, 0.5) is 11.4 Å². The van der Waals surface area contributed by atoms with Crippen molar-refractivity contribution < 1.29 is 9.47 Å². The summed E-state index contributed by atoms with van der Waals surface area (Å²) >= 11 is 0. The molecule has 0 saturated carbocycles. The average Bonchev–Trinajstić information content (AvgIpc) is 2.85. The summed E-state index contributed by atoms with van der Waals surface area (Å²) in [6.45, 7) is 7.07. The highest BCUT2D eigenvalue weighted by Gasteiger charge is 2.40. The molecule has 2 aliphatic heterocycles. The van der Waals surface area contributed by atoms with Crippen molar-refractivity contribution in [2.45, 2.75) is 5.60 Å². The maximum Gasteiger partial charge on any atom is 0.162 e. The Labute approximate surface area is 191 Å². The van der Waals surface area contributed by atoms with E-state index in [1.54, 1.807) is 7.11 Å². The number of methoxy groups -OCH3 is 1. The number of piperazine rings is 1. The summed E-state index contributed by atoms with van der Waals surface area (Å²) in [5.41, 5.74) is 1.58. The van der Waals surface area contributed by atoms with Crippen LogP contribution in [0, 0.1) is 0 Å². The molecule has 0 bridgehead atoms. The number of hydrogen-bond acceptors (Lipinski definition) is 6. The van der Waals surface area contributed by atoms with Crippen molar-refractivity contribution in [2.75, 3.05) is 71.5 Å². The molecule has 32 heavy (non-hydrogen) atoms. The Morgan fingerprint density at radius 3 is 2.16 bits per heavy atom. The molecule has 1 unspecified atom stereocenters. The van der Waals surface area contributed by atoms with Gasteiger partial charge in [0.25, 0.3) is 0 Å². The molecule has 0 aromatic heterocycles. The van der Waals surface area contributed by atoms with Gasteiger partial charge in [0.2, 0.25) is 0 Å². The fraction of sp³-hybridized carbons (Fsp3) is 0.423. The van der Waals surface area contributed by atoms with Gasteiger partial charge in [0.1, 0.15) is 5.76 Å². The van der Waals surface area contributed by atoms with Crippen LogP contribution in [0.5, 0.6) is 0 Å². The van der Waals surface area contributed by atoms with Crippen molar-refractivity contribution in [1.82, 2.24) is 9.80 Å². The van der Waals surface area contributed by atoms with Crippen LogP contribution < -0.4 is 4.90 Å². The number of aliphatic imine (C=N–C) groups is 1. The molecule has 1 atom stereocenters. The van der Waals surface area contributed by atoms with Gasteiger partial charge >= 0.3 is 0 Å². The minimum atomic E-state index is -0.651. The van der Waals surface area contributed by atoms with E-state index in [0.29, 0.717) is 19.7 Å². The number of nitrogens with zero attached hydrogens (tertiary/aromatic N) is 4. The zero-order valence-corrected chi connectivity index (χ0v) is 19.2. The molecule has 1 fully saturated rings. The highest BCUT2D eigenvalue weighted by molar-refractivity contribution is 5.74. The first kappa shape index (κ1) is 22.5. The van der Waals surface area contributed by atoms with Crippen LogP contribution in [0.3, 0.4) is 0 Å². The van der Waals surface area contributed by atoms with Crippen molar-refractivity contribution >= 4 is 17.6 Å². The second-order valence-corrected chi connectivity index (χ2v) is 8.47. The number of allylic oxidation sites excluding steroid dienone is 1. The normalized spacial score (nSPS) is 21.9. The van der Waals surface area contributed by atoms with Gasteiger partial charge in [0, 0.05) is 50.3 Å². The number of ether oxygens (including phenoxy) is 2. The second kappa shape index (κ2) is 10.8. The van der Waals surface area contributed by atoms with Gasteiger partial charge in [-0.3, -0.25) is 9.89 Å². The van der Waals surface area contributed by atoms with Gasteiger partial charge in [0.15, 0.2) is 5.60 Å². The molecule has 170 valence electrons. The SMILES string of the molecule is COC1=CC=NCC1(CN(c1ccccc1)c1ccccc1)OCCN1CCN(C)CC1. The van der Waals surface area contributed by atoms with Crippen molar-refractivity contribution in [3.8, 4) is 0 Å². The van der Waals surface area contributed by atoms with Crippen LogP contribution in [-0.4, -0.2) is 88.2 Å². The van der Waals surface area contributed by atoms with E-state index in [1.165, 1.54) is 0 Å². The van der Waals surface area contributed by atoms with Crippen LogP contribution in [0.1, 0.15) is 0 Å². The quantitative estimate of drug-likeness (QED) is 0.605.